The van der Waals surface area contributed by atoms with Crippen LogP contribution < -0.4 is 4.90 Å². The van der Waals surface area contributed by atoms with E-state index in [0.29, 0.717) is 19.4 Å². The molecule has 1 aromatic rings. The van der Waals surface area contributed by atoms with E-state index in [1.165, 1.54) is 48.6 Å². The average molecular weight is 590 g/mol. The van der Waals surface area contributed by atoms with Gasteiger partial charge in [0.15, 0.2) is 5.78 Å². The summed E-state index contributed by atoms with van der Waals surface area (Å²) in [6.07, 6.45) is 12.9. The molecule has 0 amide bonds. The normalized spacial score (nSPS) is 29.8. The van der Waals surface area contributed by atoms with Gasteiger partial charge in [-0.1, -0.05) is 50.3 Å². The molecule has 0 bridgehead atoms. The zero-order chi connectivity index (χ0) is 30.7. The van der Waals surface area contributed by atoms with Crippen molar-refractivity contribution in [2.75, 3.05) is 25.1 Å². The van der Waals surface area contributed by atoms with Crippen molar-refractivity contribution in [1.29, 1.82) is 0 Å². The van der Waals surface area contributed by atoms with Crippen LogP contribution in [0, 0.1) is 23.2 Å². The van der Waals surface area contributed by atoms with Crippen LogP contribution in [0.2, 0.25) is 0 Å². The minimum Gasteiger partial charge on any atom is -0.462 e. The first-order valence-electron chi connectivity index (χ1n) is 16.7. The number of nitrogens with zero attached hydrogens (tertiary/aromatic N) is 1. The Morgan fingerprint density at radius 1 is 1.00 bits per heavy atom. The number of hydrogen-bond donors (Lipinski definition) is 1. The number of ketones is 2. The van der Waals surface area contributed by atoms with Gasteiger partial charge >= 0.3 is 5.97 Å². The second-order valence-electron chi connectivity index (χ2n) is 13.9. The van der Waals surface area contributed by atoms with Gasteiger partial charge in [0.1, 0.15) is 11.9 Å². The first-order chi connectivity index (χ1) is 20.6. The van der Waals surface area contributed by atoms with Gasteiger partial charge in [0.25, 0.3) is 0 Å². The summed E-state index contributed by atoms with van der Waals surface area (Å²) in [5, 5.41) is 8.96. The number of rotatable bonds is 12. The monoisotopic (exact) mass is 589 g/mol. The molecule has 4 aliphatic carbocycles. The highest BCUT2D eigenvalue weighted by Crippen LogP contribution is 2.66. The Bertz CT molecular complexity index is 1260. The first-order valence-corrected chi connectivity index (χ1v) is 16.7. The van der Waals surface area contributed by atoms with Crippen LogP contribution in [0.15, 0.2) is 47.1 Å². The molecule has 0 spiro atoms. The molecule has 0 saturated heterocycles. The fraction of sp³-hybridized carbons (Fsp3) is 0.649. The summed E-state index contributed by atoms with van der Waals surface area (Å²) in [5.41, 5.74) is 6.02. The summed E-state index contributed by atoms with van der Waals surface area (Å²) in [6, 6.07) is 9.00. The topological polar surface area (TPSA) is 83.9 Å². The molecule has 5 rings (SSSR count). The molecule has 1 N–H and O–H groups in total. The zero-order valence-corrected chi connectivity index (χ0v) is 26.7. The second-order valence-corrected chi connectivity index (χ2v) is 13.9. The Balaban J connectivity index is 1.45. The molecular weight excluding hydrogens is 538 g/mol. The number of benzene rings is 1. The number of carbonyl (C=O) groups excluding carboxylic acids is 3. The molecule has 43 heavy (non-hydrogen) atoms. The SMILES string of the molecule is CC(=O)OC1CC2=CC(=O)CCC2=C2[C@@H](c3ccc(N(C)CCCCCCCCO)cc3)C[C@]3(C)[C@H](C(C)=O)CC[C@H]3[C@@H]21. The Morgan fingerprint density at radius 2 is 1.70 bits per heavy atom. The zero-order valence-electron chi connectivity index (χ0n) is 26.7. The third-order valence-electron chi connectivity index (χ3n) is 11.2. The van der Waals surface area contributed by atoms with Crippen molar-refractivity contribution >= 4 is 23.2 Å². The molecule has 1 unspecified atom stereocenters. The lowest BCUT2D eigenvalue weighted by Crippen LogP contribution is -2.50. The number of ether oxygens (including phenoxy) is 1. The van der Waals surface area contributed by atoms with E-state index in [1.54, 1.807) is 13.0 Å². The van der Waals surface area contributed by atoms with Crippen molar-refractivity contribution < 1.29 is 24.2 Å². The fourth-order valence-electron chi connectivity index (χ4n) is 9.19. The van der Waals surface area contributed by atoms with Gasteiger partial charge in [-0.2, -0.15) is 0 Å². The third-order valence-corrected chi connectivity index (χ3v) is 11.2. The van der Waals surface area contributed by atoms with Crippen LogP contribution in [-0.4, -0.2) is 48.9 Å². The molecule has 234 valence electrons. The lowest BCUT2D eigenvalue weighted by molar-refractivity contribution is -0.152. The van der Waals surface area contributed by atoms with Crippen LogP contribution >= 0.6 is 0 Å². The summed E-state index contributed by atoms with van der Waals surface area (Å²) in [7, 11) is 2.16. The van der Waals surface area contributed by atoms with Crippen molar-refractivity contribution in [2.24, 2.45) is 23.2 Å². The van der Waals surface area contributed by atoms with Gasteiger partial charge in [-0.05, 0) is 91.7 Å². The predicted molar refractivity (Wildman–Crippen MR) is 170 cm³/mol. The van der Waals surface area contributed by atoms with Crippen molar-refractivity contribution in [2.45, 2.75) is 110 Å². The van der Waals surface area contributed by atoms with E-state index in [2.05, 4.69) is 43.1 Å². The smallest absolute Gasteiger partial charge is 0.302 e. The molecule has 2 fully saturated rings. The maximum Gasteiger partial charge on any atom is 0.302 e. The van der Waals surface area contributed by atoms with Gasteiger partial charge in [-0.3, -0.25) is 14.4 Å². The Labute approximate surface area is 257 Å². The Morgan fingerprint density at radius 3 is 2.37 bits per heavy atom. The molecule has 0 aliphatic heterocycles. The quantitative estimate of drug-likeness (QED) is 0.207. The second kappa shape index (κ2) is 13.5. The largest absolute Gasteiger partial charge is 0.462 e. The highest BCUT2D eigenvalue weighted by Gasteiger charge is 2.60. The van der Waals surface area contributed by atoms with Crippen LogP contribution in [0.3, 0.4) is 0 Å². The van der Waals surface area contributed by atoms with Crippen molar-refractivity contribution in [3.05, 3.63) is 52.6 Å². The highest BCUT2D eigenvalue weighted by atomic mass is 16.5. The van der Waals surface area contributed by atoms with Crippen LogP contribution in [-0.2, 0) is 19.1 Å². The molecule has 6 atom stereocenters. The van der Waals surface area contributed by atoms with Crippen molar-refractivity contribution in [3.8, 4) is 0 Å². The minimum absolute atomic E-state index is 0.0171. The number of fused-ring (bicyclic) bond motifs is 4. The molecule has 2 saturated carbocycles. The molecular formula is C37H51NO5. The van der Waals surface area contributed by atoms with Crippen molar-refractivity contribution in [3.63, 3.8) is 0 Å². The number of esters is 1. The van der Waals surface area contributed by atoms with Crippen LogP contribution in [0.5, 0.6) is 0 Å². The van der Waals surface area contributed by atoms with E-state index in [1.807, 2.05) is 0 Å². The summed E-state index contributed by atoms with van der Waals surface area (Å²) in [4.78, 5) is 40.2. The molecule has 0 aromatic heterocycles. The van der Waals surface area contributed by atoms with Crippen LogP contribution in [0.25, 0.3) is 0 Å². The summed E-state index contributed by atoms with van der Waals surface area (Å²) >= 11 is 0. The van der Waals surface area contributed by atoms with Gasteiger partial charge < -0.3 is 14.7 Å². The standard InChI is InChI=1S/C37H51NO5/c1-24(40)32-17-18-33-36-34(43-25(2)41)22-27-21-29(42)15-16-30(27)35(36)31(23-37(32,33)3)26-11-13-28(14-12-26)38(4)19-9-7-5-6-8-10-20-39/h11-14,21,31-34,36,39H,5-10,15-20,22-23H2,1-4H3/t31-,32+,33+,34?,36-,37-/m1/s1. The molecule has 0 radical (unpaired) electrons. The predicted octanol–water partition coefficient (Wildman–Crippen LogP) is 7.10. The van der Waals surface area contributed by atoms with E-state index in [-0.39, 0.29) is 52.7 Å². The van der Waals surface area contributed by atoms with E-state index < -0.39 is 0 Å². The van der Waals surface area contributed by atoms with Gasteiger partial charge in [0.05, 0.1) is 0 Å². The first kappa shape index (κ1) is 31.7. The number of carbonyl (C=O) groups is 3. The molecule has 6 nitrogen and oxygen atoms in total. The average Bonchev–Trinajstić information content (AvgIpc) is 3.32. The highest BCUT2D eigenvalue weighted by molar-refractivity contribution is 5.93. The van der Waals surface area contributed by atoms with E-state index in [0.717, 1.165) is 57.1 Å². The summed E-state index contributed by atoms with van der Waals surface area (Å²) in [6.45, 7) is 6.85. The van der Waals surface area contributed by atoms with Crippen LogP contribution in [0.1, 0.15) is 109 Å². The van der Waals surface area contributed by atoms with Gasteiger partial charge in [0, 0.05) is 63.4 Å². The fourth-order valence-corrected chi connectivity index (χ4v) is 9.19. The minimum atomic E-state index is -0.305. The third kappa shape index (κ3) is 6.55. The van der Waals surface area contributed by atoms with Crippen LogP contribution in [0.4, 0.5) is 5.69 Å². The number of Topliss-reactive ketones (excluding diaryl/α,β-unsaturated/α-hetero) is 1. The maximum absolute atomic E-state index is 13.0. The maximum atomic E-state index is 13.0. The number of aliphatic hydroxyl groups excluding tert-OH is 1. The molecule has 0 heterocycles. The molecule has 1 aromatic carbocycles. The van der Waals surface area contributed by atoms with Crippen molar-refractivity contribution in [1.82, 2.24) is 0 Å². The Kier molecular flexibility index (Phi) is 9.95. The number of anilines is 1. The number of hydrogen-bond acceptors (Lipinski definition) is 6. The Hall–Kier alpha value is -2.73. The molecule has 4 aliphatic rings. The van der Waals surface area contributed by atoms with Gasteiger partial charge in [-0.25, -0.2) is 0 Å². The lowest BCUT2D eigenvalue weighted by atomic mass is 9.51. The number of allylic oxidation sites excluding steroid dienone is 2. The number of aliphatic hydroxyl groups is 1. The summed E-state index contributed by atoms with van der Waals surface area (Å²) in [5.74, 6) is 0.631. The van der Waals surface area contributed by atoms with Gasteiger partial charge in [0.2, 0.25) is 0 Å². The van der Waals surface area contributed by atoms with E-state index in [4.69, 9.17) is 9.84 Å². The number of unbranched alkanes of at least 4 members (excludes halogenated alkanes) is 5. The lowest BCUT2D eigenvalue weighted by Gasteiger charge is -2.54. The molecule has 6 heteroatoms. The summed E-state index contributed by atoms with van der Waals surface area (Å²) < 4.78 is 6.07. The van der Waals surface area contributed by atoms with E-state index in [9.17, 15) is 14.4 Å². The van der Waals surface area contributed by atoms with E-state index >= 15 is 0 Å². The van der Waals surface area contributed by atoms with Gasteiger partial charge in [-0.15, -0.1) is 0 Å².